The van der Waals surface area contributed by atoms with Crippen molar-refractivity contribution < 1.29 is 32.2 Å². The molecule has 3 rings (SSSR count). The summed E-state index contributed by atoms with van der Waals surface area (Å²) in [6, 6.07) is 9.29. The van der Waals surface area contributed by atoms with Gasteiger partial charge in [-0.2, -0.15) is 13.2 Å². The molecule has 1 heterocycles. The zero-order valence-corrected chi connectivity index (χ0v) is 17.3. The lowest BCUT2D eigenvalue weighted by Crippen LogP contribution is -2.28. The van der Waals surface area contributed by atoms with E-state index in [2.05, 4.69) is 15.6 Å². The number of amides is 2. The molecule has 2 aromatic rings. The molecule has 0 radical (unpaired) electrons. The third-order valence-corrected chi connectivity index (χ3v) is 5.30. The standard InChI is InChI=1S/C20H18F3N3O4S/c1-29-14-7-6-13(9-15(14)30-2)24-17(27)10-16-18(28)26-19(31-16)25-12-5-3-4-11(8-12)20(21,22)23/h3-9,16H,10H2,1-2H3,(H,24,27)(H,25,26,28). The molecule has 1 fully saturated rings. The van der Waals surface area contributed by atoms with Crippen LogP contribution < -0.4 is 20.1 Å². The molecule has 31 heavy (non-hydrogen) atoms. The van der Waals surface area contributed by atoms with Gasteiger partial charge in [-0.15, -0.1) is 0 Å². The number of nitrogens with one attached hydrogen (secondary N) is 2. The summed E-state index contributed by atoms with van der Waals surface area (Å²) in [5.74, 6) is 0.0730. The Labute approximate surface area is 180 Å². The van der Waals surface area contributed by atoms with Gasteiger partial charge in [-0.1, -0.05) is 17.8 Å². The van der Waals surface area contributed by atoms with Crippen LogP contribution in [0.1, 0.15) is 12.0 Å². The maximum absolute atomic E-state index is 12.8. The minimum Gasteiger partial charge on any atom is -0.493 e. The van der Waals surface area contributed by atoms with Crippen molar-refractivity contribution in [2.45, 2.75) is 17.8 Å². The van der Waals surface area contributed by atoms with Crippen molar-refractivity contribution >= 4 is 40.1 Å². The molecule has 11 heteroatoms. The Morgan fingerprint density at radius 3 is 2.58 bits per heavy atom. The molecule has 2 N–H and O–H groups in total. The van der Waals surface area contributed by atoms with Crippen LogP contribution in [0, 0.1) is 0 Å². The molecular formula is C20H18F3N3O4S. The molecule has 2 amide bonds. The Kier molecular flexibility index (Phi) is 6.74. The van der Waals surface area contributed by atoms with E-state index in [1.807, 2.05) is 0 Å². The van der Waals surface area contributed by atoms with E-state index in [0.717, 1.165) is 23.9 Å². The summed E-state index contributed by atoms with van der Waals surface area (Å²) in [6.07, 6.45) is -4.64. The second-order valence-electron chi connectivity index (χ2n) is 6.38. The van der Waals surface area contributed by atoms with Gasteiger partial charge in [-0.3, -0.25) is 9.59 Å². The summed E-state index contributed by atoms with van der Waals surface area (Å²) in [4.78, 5) is 28.6. The lowest BCUT2D eigenvalue weighted by atomic mass is 10.2. The van der Waals surface area contributed by atoms with Gasteiger partial charge in [0, 0.05) is 18.2 Å². The van der Waals surface area contributed by atoms with Crippen LogP contribution in [0.2, 0.25) is 0 Å². The number of ether oxygens (including phenoxy) is 2. The molecule has 1 aliphatic heterocycles. The van der Waals surface area contributed by atoms with Gasteiger partial charge in [0.25, 0.3) is 0 Å². The third-order valence-electron chi connectivity index (χ3n) is 4.22. The number of halogens is 3. The number of amidine groups is 1. The molecule has 2 aromatic carbocycles. The number of hydrogen-bond acceptors (Lipinski definition) is 6. The Morgan fingerprint density at radius 2 is 1.90 bits per heavy atom. The van der Waals surface area contributed by atoms with E-state index in [1.165, 1.54) is 26.4 Å². The molecule has 0 aliphatic carbocycles. The number of rotatable bonds is 6. The van der Waals surface area contributed by atoms with E-state index in [4.69, 9.17) is 9.47 Å². The summed E-state index contributed by atoms with van der Waals surface area (Å²) >= 11 is 0.982. The van der Waals surface area contributed by atoms with E-state index < -0.39 is 28.8 Å². The molecule has 164 valence electrons. The second kappa shape index (κ2) is 9.29. The lowest BCUT2D eigenvalue weighted by molar-refractivity contribution is -0.137. The zero-order chi connectivity index (χ0) is 22.6. The maximum atomic E-state index is 12.8. The number of thioether (sulfide) groups is 1. The minimum atomic E-state index is -4.49. The lowest BCUT2D eigenvalue weighted by Gasteiger charge is -2.11. The van der Waals surface area contributed by atoms with Gasteiger partial charge < -0.3 is 20.1 Å². The first-order chi connectivity index (χ1) is 14.7. The number of aliphatic imine (C=N–C) groups is 1. The predicted octanol–water partition coefficient (Wildman–Crippen LogP) is 3.97. The van der Waals surface area contributed by atoms with Gasteiger partial charge in [-0.05, 0) is 30.3 Å². The number of anilines is 1. The van der Waals surface area contributed by atoms with Gasteiger partial charge in [0.1, 0.15) is 5.25 Å². The number of nitrogens with zero attached hydrogens (tertiary/aromatic N) is 1. The molecule has 1 aliphatic rings. The van der Waals surface area contributed by atoms with Gasteiger partial charge in [-0.25, -0.2) is 4.99 Å². The molecule has 1 unspecified atom stereocenters. The van der Waals surface area contributed by atoms with Crippen molar-refractivity contribution in [3.8, 4) is 11.5 Å². The van der Waals surface area contributed by atoms with Crippen molar-refractivity contribution in [2.24, 2.45) is 4.99 Å². The van der Waals surface area contributed by atoms with Gasteiger partial charge in [0.05, 0.1) is 25.5 Å². The molecule has 0 bridgehead atoms. The van der Waals surface area contributed by atoms with Crippen LogP contribution in [0.5, 0.6) is 11.5 Å². The van der Waals surface area contributed by atoms with E-state index in [9.17, 15) is 22.8 Å². The quantitative estimate of drug-likeness (QED) is 0.691. The highest BCUT2D eigenvalue weighted by molar-refractivity contribution is 8.15. The zero-order valence-electron chi connectivity index (χ0n) is 16.4. The molecule has 7 nitrogen and oxygen atoms in total. The fraction of sp³-hybridized carbons (Fsp3) is 0.250. The van der Waals surface area contributed by atoms with Crippen LogP contribution in [-0.2, 0) is 15.8 Å². The number of benzene rings is 2. The Balaban J connectivity index is 1.64. The maximum Gasteiger partial charge on any atom is 0.416 e. The second-order valence-corrected chi connectivity index (χ2v) is 7.57. The van der Waals surface area contributed by atoms with Gasteiger partial charge >= 0.3 is 6.18 Å². The smallest absolute Gasteiger partial charge is 0.416 e. The van der Waals surface area contributed by atoms with E-state index in [0.29, 0.717) is 17.2 Å². The van der Waals surface area contributed by atoms with Crippen molar-refractivity contribution in [2.75, 3.05) is 19.5 Å². The fourth-order valence-corrected chi connectivity index (χ4v) is 3.74. The molecule has 0 saturated carbocycles. The molecule has 0 aromatic heterocycles. The fourth-order valence-electron chi connectivity index (χ4n) is 2.76. The highest BCUT2D eigenvalue weighted by Gasteiger charge is 2.33. The SMILES string of the molecule is COc1ccc(NC(=O)CC2SC(=Nc3cccc(C(F)(F)F)c3)NC2=O)cc1OC. The number of hydrogen-bond donors (Lipinski definition) is 2. The monoisotopic (exact) mass is 453 g/mol. The van der Waals surface area contributed by atoms with Crippen molar-refractivity contribution in [1.82, 2.24) is 5.32 Å². The largest absolute Gasteiger partial charge is 0.493 e. The Bertz CT molecular complexity index is 1030. The molecule has 1 atom stereocenters. The summed E-state index contributed by atoms with van der Waals surface area (Å²) in [5, 5.41) is 4.53. The van der Waals surface area contributed by atoms with E-state index in [1.54, 1.807) is 18.2 Å². The highest BCUT2D eigenvalue weighted by Crippen LogP contribution is 2.33. The normalized spacial score (nSPS) is 17.4. The van der Waals surface area contributed by atoms with Gasteiger partial charge in [0.2, 0.25) is 11.8 Å². The Hall–Kier alpha value is -3.21. The average Bonchev–Trinajstić information content (AvgIpc) is 3.05. The Morgan fingerprint density at radius 1 is 1.16 bits per heavy atom. The summed E-state index contributed by atoms with van der Waals surface area (Å²) in [7, 11) is 2.96. The van der Waals surface area contributed by atoms with Crippen LogP contribution in [0.4, 0.5) is 24.5 Å². The third kappa shape index (κ3) is 5.69. The van der Waals surface area contributed by atoms with Gasteiger partial charge in [0.15, 0.2) is 16.7 Å². The van der Waals surface area contributed by atoms with E-state index >= 15 is 0 Å². The highest BCUT2D eigenvalue weighted by atomic mass is 32.2. The number of alkyl halides is 3. The topological polar surface area (TPSA) is 89.0 Å². The number of carbonyl (C=O) groups is 2. The number of methoxy groups -OCH3 is 2. The first-order valence-electron chi connectivity index (χ1n) is 8.95. The van der Waals surface area contributed by atoms with Crippen LogP contribution in [0.3, 0.4) is 0 Å². The average molecular weight is 453 g/mol. The van der Waals surface area contributed by atoms with Crippen LogP contribution in [0.25, 0.3) is 0 Å². The van der Waals surface area contributed by atoms with Crippen molar-refractivity contribution in [1.29, 1.82) is 0 Å². The minimum absolute atomic E-state index is 0.0491. The summed E-state index contributed by atoms with van der Waals surface area (Å²) in [6.45, 7) is 0. The molecule has 0 spiro atoms. The van der Waals surface area contributed by atoms with Crippen LogP contribution >= 0.6 is 11.8 Å². The van der Waals surface area contributed by atoms with Crippen LogP contribution in [-0.4, -0.2) is 36.5 Å². The van der Waals surface area contributed by atoms with E-state index in [-0.39, 0.29) is 17.3 Å². The molecule has 1 saturated heterocycles. The van der Waals surface area contributed by atoms with Crippen molar-refractivity contribution in [3.63, 3.8) is 0 Å². The molecular weight excluding hydrogens is 435 g/mol. The summed E-state index contributed by atoms with van der Waals surface area (Å²) in [5.41, 5.74) is -0.327. The predicted molar refractivity (Wildman–Crippen MR) is 111 cm³/mol. The first kappa shape index (κ1) is 22.5. The van der Waals surface area contributed by atoms with Crippen LogP contribution in [0.15, 0.2) is 47.5 Å². The van der Waals surface area contributed by atoms with Crippen molar-refractivity contribution in [3.05, 3.63) is 48.0 Å². The number of carbonyl (C=O) groups excluding carboxylic acids is 2. The summed E-state index contributed by atoms with van der Waals surface area (Å²) < 4.78 is 48.8. The first-order valence-corrected chi connectivity index (χ1v) is 9.83.